The summed E-state index contributed by atoms with van der Waals surface area (Å²) in [7, 11) is 0. The quantitative estimate of drug-likeness (QED) is 0.744. The number of nitrogens with two attached hydrogens (primary N) is 1. The van der Waals surface area contributed by atoms with Gasteiger partial charge >= 0.3 is 0 Å². The zero-order valence-electron chi connectivity index (χ0n) is 15.6. The lowest BCUT2D eigenvalue weighted by atomic mass is 9.95. The predicted octanol–water partition coefficient (Wildman–Crippen LogP) is 0.291. The number of hydrogen-bond donors (Lipinski definition) is 1. The molecule has 0 aliphatic carbocycles. The van der Waals surface area contributed by atoms with Crippen molar-refractivity contribution < 1.29 is 14.4 Å². The van der Waals surface area contributed by atoms with Gasteiger partial charge in [0.15, 0.2) is 0 Å². The van der Waals surface area contributed by atoms with E-state index in [4.69, 9.17) is 5.73 Å². The normalized spacial score (nSPS) is 22.6. The number of carbonyl (C=O) groups is 3. The van der Waals surface area contributed by atoms with E-state index in [-0.39, 0.29) is 29.6 Å². The van der Waals surface area contributed by atoms with E-state index in [9.17, 15) is 14.4 Å². The van der Waals surface area contributed by atoms with Crippen LogP contribution in [-0.2, 0) is 14.4 Å². The lowest BCUT2D eigenvalue weighted by molar-refractivity contribution is -0.137. The number of nitrogens with zero attached hydrogens (tertiary/aromatic N) is 3. The topological polar surface area (TPSA) is 87.0 Å². The van der Waals surface area contributed by atoms with Gasteiger partial charge in [0.2, 0.25) is 17.7 Å². The molecule has 0 radical (unpaired) electrons. The summed E-state index contributed by atoms with van der Waals surface area (Å²) >= 11 is 0. The van der Waals surface area contributed by atoms with E-state index in [0.29, 0.717) is 19.6 Å². The summed E-state index contributed by atoms with van der Waals surface area (Å²) in [5.74, 6) is -0.125. The second kappa shape index (κ2) is 9.17. The summed E-state index contributed by atoms with van der Waals surface area (Å²) in [6.45, 7) is 8.60. The molecule has 3 amide bonds. The number of likely N-dealkylation sites (tertiary alicyclic amines) is 2. The van der Waals surface area contributed by atoms with Crippen LogP contribution in [0.15, 0.2) is 0 Å². The minimum atomic E-state index is -0.312. The van der Waals surface area contributed by atoms with Crippen molar-refractivity contribution in [2.45, 2.75) is 39.5 Å². The van der Waals surface area contributed by atoms with Gasteiger partial charge in [-0.05, 0) is 52.6 Å². The number of primary amides is 1. The average Bonchev–Trinajstić information content (AvgIpc) is 2.63. The van der Waals surface area contributed by atoms with E-state index >= 15 is 0 Å². The third-order valence-electron chi connectivity index (χ3n) is 5.55. The molecule has 25 heavy (non-hydrogen) atoms. The first-order chi connectivity index (χ1) is 12.0. The molecule has 2 heterocycles. The molecule has 2 rings (SSSR count). The van der Waals surface area contributed by atoms with Crippen LogP contribution in [0.2, 0.25) is 0 Å². The molecule has 1 atom stereocenters. The molecule has 0 bridgehead atoms. The summed E-state index contributed by atoms with van der Waals surface area (Å²) in [4.78, 5) is 42.1. The van der Waals surface area contributed by atoms with E-state index in [1.165, 1.54) is 0 Å². The molecule has 7 nitrogen and oxygen atoms in total. The fourth-order valence-electron chi connectivity index (χ4n) is 3.86. The highest BCUT2D eigenvalue weighted by atomic mass is 16.2. The van der Waals surface area contributed by atoms with Gasteiger partial charge in [-0.15, -0.1) is 0 Å². The Kier molecular flexibility index (Phi) is 7.23. The molecule has 0 spiro atoms. The Morgan fingerprint density at radius 3 is 2.20 bits per heavy atom. The number of piperidine rings is 2. The van der Waals surface area contributed by atoms with Crippen LogP contribution in [-0.4, -0.2) is 78.2 Å². The van der Waals surface area contributed by atoms with E-state index in [1.54, 1.807) is 4.90 Å². The Labute approximate surface area is 150 Å². The molecule has 2 fully saturated rings. The second-order valence-electron chi connectivity index (χ2n) is 7.14. The van der Waals surface area contributed by atoms with Crippen LogP contribution in [0.1, 0.15) is 39.5 Å². The molecule has 1 unspecified atom stereocenters. The van der Waals surface area contributed by atoms with Crippen molar-refractivity contribution in [1.82, 2.24) is 14.7 Å². The van der Waals surface area contributed by atoms with Gasteiger partial charge in [-0.3, -0.25) is 19.3 Å². The molecule has 2 aliphatic rings. The Morgan fingerprint density at radius 2 is 1.64 bits per heavy atom. The molecule has 2 saturated heterocycles. The highest BCUT2D eigenvalue weighted by molar-refractivity contribution is 5.81. The van der Waals surface area contributed by atoms with Gasteiger partial charge < -0.3 is 15.5 Å². The van der Waals surface area contributed by atoms with Gasteiger partial charge in [0, 0.05) is 32.1 Å². The highest BCUT2D eigenvalue weighted by Crippen LogP contribution is 2.21. The number of carbonyl (C=O) groups excluding carboxylic acids is 3. The molecule has 142 valence electrons. The molecule has 2 N–H and O–H groups in total. The van der Waals surface area contributed by atoms with E-state index in [0.717, 1.165) is 51.9 Å². The van der Waals surface area contributed by atoms with Gasteiger partial charge in [-0.1, -0.05) is 0 Å². The number of hydrogen-bond acceptors (Lipinski definition) is 4. The maximum Gasteiger partial charge on any atom is 0.236 e. The summed E-state index contributed by atoms with van der Waals surface area (Å²) in [5, 5.41) is 0. The van der Waals surface area contributed by atoms with Gasteiger partial charge in [0.05, 0.1) is 12.5 Å². The zero-order chi connectivity index (χ0) is 18.4. The first kappa shape index (κ1) is 19.7. The maximum atomic E-state index is 12.5. The first-order valence-electron chi connectivity index (χ1n) is 9.54. The molecular weight excluding hydrogens is 320 g/mol. The molecule has 2 aliphatic heterocycles. The van der Waals surface area contributed by atoms with Crippen molar-refractivity contribution in [3.63, 3.8) is 0 Å². The van der Waals surface area contributed by atoms with Crippen LogP contribution in [0.4, 0.5) is 0 Å². The summed E-state index contributed by atoms with van der Waals surface area (Å²) in [6, 6.07) is 0. The largest absolute Gasteiger partial charge is 0.369 e. The lowest BCUT2D eigenvalue weighted by Gasteiger charge is -2.36. The Bertz CT molecular complexity index is 485. The minimum absolute atomic E-state index is 0.0690. The fraction of sp³-hybridized carbons (Fsp3) is 0.833. The fourth-order valence-corrected chi connectivity index (χ4v) is 3.86. The van der Waals surface area contributed by atoms with E-state index in [2.05, 4.69) is 4.90 Å². The van der Waals surface area contributed by atoms with Crippen molar-refractivity contribution in [1.29, 1.82) is 0 Å². The van der Waals surface area contributed by atoms with E-state index in [1.807, 2.05) is 18.7 Å². The van der Waals surface area contributed by atoms with Crippen molar-refractivity contribution in [2.24, 2.45) is 17.6 Å². The molecule has 0 aromatic carbocycles. The van der Waals surface area contributed by atoms with E-state index < -0.39 is 0 Å². The second-order valence-corrected chi connectivity index (χ2v) is 7.14. The molecular formula is C18H32N4O3. The van der Waals surface area contributed by atoms with Crippen LogP contribution < -0.4 is 5.73 Å². The predicted molar refractivity (Wildman–Crippen MR) is 95.6 cm³/mol. The molecule has 0 aromatic rings. The number of rotatable bonds is 6. The van der Waals surface area contributed by atoms with Gasteiger partial charge in [0.25, 0.3) is 0 Å². The minimum Gasteiger partial charge on any atom is -0.369 e. The third-order valence-corrected chi connectivity index (χ3v) is 5.55. The van der Waals surface area contributed by atoms with Gasteiger partial charge in [-0.2, -0.15) is 0 Å². The lowest BCUT2D eigenvalue weighted by Crippen LogP contribution is -2.49. The molecule has 7 heteroatoms. The highest BCUT2D eigenvalue weighted by Gasteiger charge is 2.31. The maximum absolute atomic E-state index is 12.5. The van der Waals surface area contributed by atoms with Crippen molar-refractivity contribution >= 4 is 17.7 Å². The zero-order valence-corrected chi connectivity index (χ0v) is 15.6. The van der Waals surface area contributed by atoms with Crippen LogP contribution in [0.25, 0.3) is 0 Å². The van der Waals surface area contributed by atoms with Crippen LogP contribution >= 0.6 is 0 Å². The monoisotopic (exact) mass is 352 g/mol. The Hall–Kier alpha value is -1.63. The van der Waals surface area contributed by atoms with Crippen LogP contribution in [0.5, 0.6) is 0 Å². The summed E-state index contributed by atoms with van der Waals surface area (Å²) in [5.41, 5.74) is 5.38. The smallest absolute Gasteiger partial charge is 0.236 e. The van der Waals surface area contributed by atoms with Crippen molar-refractivity contribution in [2.75, 3.05) is 45.8 Å². The van der Waals surface area contributed by atoms with Crippen LogP contribution in [0.3, 0.4) is 0 Å². The third kappa shape index (κ3) is 5.17. The van der Waals surface area contributed by atoms with Gasteiger partial charge in [0.1, 0.15) is 0 Å². The van der Waals surface area contributed by atoms with Gasteiger partial charge in [-0.25, -0.2) is 0 Å². The van der Waals surface area contributed by atoms with Crippen molar-refractivity contribution in [3.05, 3.63) is 0 Å². The SMILES string of the molecule is CCN(CC)C(=O)C1CCN(CC(=O)N2CCCC(C(N)=O)C2)CC1. The van der Waals surface area contributed by atoms with Crippen molar-refractivity contribution in [3.8, 4) is 0 Å². The first-order valence-corrected chi connectivity index (χ1v) is 9.54. The van der Waals surface area contributed by atoms with Crippen LogP contribution in [0, 0.1) is 11.8 Å². The Morgan fingerprint density at radius 1 is 1.00 bits per heavy atom. The summed E-state index contributed by atoms with van der Waals surface area (Å²) in [6.07, 6.45) is 3.23. The standard InChI is InChI=1S/C18H32N4O3/c1-3-21(4-2)18(25)14-7-10-20(11-8-14)13-16(23)22-9-5-6-15(12-22)17(19)24/h14-15H,3-13H2,1-2H3,(H2,19,24). The Balaban J connectivity index is 1.78. The molecule has 0 aromatic heterocycles. The average molecular weight is 352 g/mol. The molecule has 0 saturated carbocycles. The number of amides is 3. The summed E-state index contributed by atoms with van der Waals surface area (Å²) < 4.78 is 0.